The largest absolute Gasteiger partial charge is 0.482 e. The molecule has 3 atom stereocenters. The number of benzene rings is 1. The third-order valence-electron chi connectivity index (χ3n) is 3.87. The van der Waals surface area contributed by atoms with Crippen LogP contribution in [0.2, 0.25) is 5.02 Å². The molecule has 0 aromatic heterocycles. The van der Waals surface area contributed by atoms with Gasteiger partial charge in [0.25, 0.3) is 5.91 Å². The van der Waals surface area contributed by atoms with Crippen LogP contribution in [0.4, 0.5) is 0 Å². The van der Waals surface area contributed by atoms with Crippen LogP contribution in [-0.4, -0.2) is 52.9 Å². The van der Waals surface area contributed by atoms with Crippen LogP contribution in [0.25, 0.3) is 0 Å². The van der Waals surface area contributed by atoms with Crippen molar-refractivity contribution in [2.24, 2.45) is 0 Å². The van der Waals surface area contributed by atoms with Gasteiger partial charge in [0, 0.05) is 7.05 Å². The summed E-state index contributed by atoms with van der Waals surface area (Å²) in [5.41, 5.74) is 0. The second kappa shape index (κ2) is 7.11. The van der Waals surface area contributed by atoms with Gasteiger partial charge in [-0.3, -0.25) is 4.79 Å². The number of carbonyl (C=O) groups is 1. The van der Waals surface area contributed by atoms with Crippen molar-refractivity contribution in [3.05, 3.63) is 29.3 Å². The summed E-state index contributed by atoms with van der Waals surface area (Å²) in [5, 5.41) is 20.1. The van der Waals surface area contributed by atoms with Crippen molar-refractivity contribution in [2.75, 3.05) is 13.7 Å². The number of para-hydroxylation sites is 1. The van der Waals surface area contributed by atoms with Crippen molar-refractivity contribution < 1.29 is 19.7 Å². The maximum absolute atomic E-state index is 12.1. The molecule has 0 radical (unpaired) electrons. The van der Waals surface area contributed by atoms with Crippen LogP contribution < -0.4 is 4.74 Å². The lowest BCUT2D eigenvalue weighted by atomic mass is 9.89. The molecule has 2 N–H and O–H groups in total. The fraction of sp³-hybridized carbons (Fsp3) is 0.533. The van der Waals surface area contributed by atoms with E-state index < -0.39 is 12.2 Å². The van der Waals surface area contributed by atoms with Crippen molar-refractivity contribution in [1.82, 2.24) is 4.90 Å². The normalized spacial score (nSPS) is 25.4. The Hall–Kier alpha value is -1.30. The van der Waals surface area contributed by atoms with Gasteiger partial charge in [-0.25, -0.2) is 0 Å². The van der Waals surface area contributed by atoms with E-state index in [2.05, 4.69) is 0 Å². The number of aliphatic hydroxyl groups excluding tert-OH is 2. The Bertz CT molecular complexity index is 496. The molecule has 0 saturated heterocycles. The molecule has 6 heteroatoms. The van der Waals surface area contributed by atoms with Crippen molar-refractivity contribution in [2.45, 2.75) is 37.5 Å². The van der Waals surface area contributed by atoms with Crippen LogP contribution in [0.3, 0.4) is 0 Å². The Morgan fingerprint density at radius 1 is 1.38 bits per heavy atom. The number of ether oxygens (including phenoxy) is 1. The molecule has 5 nitrogen and oxygen atoms in total. The molecule has 0 heterocycles. The molecule has 1 amide bonds. The first-order valence-electron chi connectivity index (χ1n) is 7.00. The predicted octanol–water partition coefficient (Wildman–Crippen LogP) is 1.45. The van der Waals surface area contributed by atoms with Gasteiger partial charge in [0.15, 0.2) is 6.61 Å². The van der Waals surface area contributed by atoms with Gasteiger partial charge in [0.05, 0.1) is 17.2 Å². The highest BCUT2D eigenvalue weighted by Gasteiger charge is 2.34. The first-order valence-corrected chi connectivity index (χ1v) is 7.37. The smallest absolute Gasteiger partial charge is 0.260 e. The number of amides is 1. The number of aliphatic hydroxyl groups is 2. The number of nitrogens with zero attached hydrogens (tertiary/aromatic N) is 1. The summed E-state index contributed by atoms with van der Waals surface area (Å²) < 4.78 is 5.41. The minimum absolute atomic E-state index is 0.153. The van der Waals surface area contributed by atoms with E-state index in [1.54, 1.807) is 31.3 Å². The molecule has 0 spiro atoms. The van der Waals surface area contributed by atoms with Crippen molar-refractivity contribution >= 4 is 17.5 Å². The zero-order chi connectivity index (χ0) is 15.4. The third-order valence-corrected chi connectivity index (χ3v) is 4.18. The van der Waals surface area contributed by atoms with E-state index in [1.165, 1.54) is 4.90 Å². The lowest BCUT2D eigenvalue weighted by Gasteiger charge is -2.37. The summed E-state index contributed by atoms with van der Waals surface area (Å²) in [4.78, 5) is 13.6. The van der Waals surface area contributed by atoms with Gasteiger partial charge in [-0.15, -0.1) is 0 Å². The second-order valence-electron chi connectivity index (χ2n) is 5.28. The molecule has 1 aromatic rings. The summed E-state index contributed by atoms with van der Waals surface area (Å²) in [6.45, 7) is -0.153. The van der Waals surface area contributed by atoms with Crippen LogP contribution in [0.15, 0.2) is 24.3 Å². The van der Waals surface area contributed by atoms with E-state index in [0.717, 1.165) is 6.42 Å². The number of halogens is 1. The number of rotatable bonds is 4. The van der Waals surface area contributed by atoms with Gasteiger partial charge >= 0.3 is 0 Å². The molecule has 1 saturated carbocycles. The Labute approximate surface area is 129 Å². The maximum Gasteiger partial charge on any atom is 0.260 e. The topological polar surface area (TPSA) is 70.0 Å². The molecule has 2 rings (SSSR count). The van der Waals surface area contributed by atoms with Crippen molar-refractivity contribution in [3.8, 4) is 5.75 Å². The zero-order valence-electron chi connectivity index (χ0n) is 11.9. The van der Waals surface area contributed by atoms with E-state index in [9.17, 15) is 15.0 Å². The molecule has 1 aliphatic rings. The molecule has 116 valence electrons. The maximum atomic E-state index is 12.1. The summed E-state index contributed by atoms with van der Waals surface area (Å²) in [6, 6.07) is 6.55. The predicted molar refractivity (Wildman–Crippen MR) is 79.4 cm³/mol. The van der Waals surface area contributed by atoms with Gasteiger partial charge in [-0.05, 0) is 31.4 Å². The molecule has 1 aromatic carbocycles. The average Bonchev–Trinajstić information content (AvgIpc) is 2.48. The number of hydrogen-bond acceptors (Lipinski definition) is 4. The number of likely N-dealkylation sites (N-methyl/N-ethyl adjacent to an activating group) is 1. The van der Waals surface area contributed by atoms with E-state index in [0.29, 0.717) is 23.6 Å². The van der Waals surface area contributed by atoms with Crippen LogP contribution in [0.1, 0.15) is 19.3 Å². The first kappa shape index (κ1) is 16.1. The van der Waals surface area contributed by atoms with Crippen LogP contribution in [-0.2, 0) is 4.79 Å². The molecule has 0 aliphatic heterocycles. The number of hydrogen-bond donors (Lipinski definition) is 2. The Morgan fingerprint density at radius 2 is 2.10 bits per heavy atom. The Balaban J connectivity index is 1.92. The fourth-order valence-corrected chi connectivity index (χ4v) is 2.74. The fourth-order valence-electron chi connectivity index (χ4n) is 2.54. The first-order chi connectivity index (χ1) is 10.0. The molecular formula is C15H20ClNO4. The highest BCUT2D eigenvalue weighted by atomic mass is 35.5. The van der Waals surface area contributed by atoms with Crippen LogP contribution in [0.5, 0.6) is 5.75 Å². The molecule has 1 aliphatic carbocycles. The molecule has 0 unspecified atom stereocenters. The van der Waals surface area contributed by atoms with Gasteiger partial charge in [-0.2, -0.15) is 0 Å². The van der Waals surface area contributed by atoms with Gasteiger partial charge in [0.1, 0.15) is 11.9 Å². The molecular weight excluding hydrogens is 294 g/mol. The van der Waals surface area contributed by atoms with E-state index in [4.69, 9.17) is 16.3 Å². The lowest BCUT2D eigenvalue weighted by molar-refractivity contribution is -0.140. The molecule has 21 heavy (non-hydrogen) atoms. The van der Waals surface area contributed by atoms with E-state index in [1.807, 2.05) is 0 Å². The molecule has 1 fully saturated rings. The summed E-state index contributed by atoms with van der Waals surface area (Å²) in [5.74, 6) is 0.193. The summed E-state index contributed by atoms with van der Waals surface area (Å²) in [6.07, 6.45) is 0.338. The highest BCUT2D eigenvalue weighted by Crippen LogP contribution is 2.25. The van der Waals surface area contributed by atoms with Gasteiger partial charge in [0.2, 0.25) is 0 Å². The van der Waals surface area contributed by atoms with Crippen molar-refractivity contribution in [3.63, 3.8) is 0 Å². The van der Waals surface area contributed by atoms with E-state index in [-0.39, 0.29) is 18.6 Å². The summed E-state index contributed by atoms with van der Waals surface area (Å²) in [7, 11) is 1.62. The van der Waals surface area contributed by atoms with Crippen molar-refractivity contribution in [1.29, 1.82) is 0 Å². The quantitative estimate of drug-likeness (QED) is 0.883. The monoisotopic (exact) mass is 313 g/mol. The minimum Gasteiger partial charge on any atom is -0.482 e. The van der Waals surface area contributed by atoms with Crippen LogP contribution in [0, 0.1) is 0 Å². The average molecular weight is 314 g/mol. The van der Waals surface area contributed by atoms with E-state index >= 15 is 0 Å². The standard InChI is InChI=1S/C15H20ClNO4/c1-17(11-6-4-7-12(18)15(11)20)14(19)9-21-13-8-3-2-5-10(13)16/h2-3,5,8,11-12,15,18,20H,4,6-7,9H2,1H3/t11-,12-,15-/m1/s1. The summed E-state index contributed by atoms with van der Waals surface area (Å²) >= 11 is 5.96. The van der Waals surface area contributed by atoms with Gasteiger partial charge < -0.3 is 19.8 Å². The molecule has 0 bridgehead atoms. The minimum atomic E-state index is -0.909. The zero-order valence-corrected chi connectivity index (χ0v) is 12.7. The number of carbonyl (C=O) groups excluding carboxylic acids is 1. The SMILES string of the molecule is CN(C(=O)COc1ccccc1Cl)[C@@H]1CCC[C@@H](O)[C@@H]1O. The van der Waals surface area contributed by atoms with Crippen LogP contribution >= 0.6 is 11.6 Å². The van der Waals surface area contributed by atoms with Gasteiger partial charge in [-0.1, -0.05) is 23.7 Å². The Morgan fingerprint density at radius 3 is 2.81 bits per heavy atom. The Kier molecular flexibility index (Phi) is 5.45. The second-order valence-corrected chi connectivity index (χ2v) is 5.69. The lowest BCUT2D eigenvalue weighted by Crippen LogP contribution is -2.52. The third kappa shape index (κ3) is 3.87. The highest BCUT2D eigenvalue weighted by molar-refractivity contribution is 6.32.